The van der Waals surface area contributed by atoms with Crippen molar-refractivity contribution in [3.05, 3.63) is 0 Å². The van der Waals surface area contributed by atoms with E-state index in [4.69, 9.17) is 0 Å². The summed E-state index contributed by atoms with van der Waals surface area (Å²) in [5.74, 6) is 0.938. The van der Waals surface area contributed by atoms with E-state index in [1.807, 2.05) is 4.90 Å². The number of carbonyl (C=O) groups excluding carboxylic acids is 1. The molecule has 0 aromatic rings. The molecule has 0 aliphatic carbocycles. The van der Waals surface area contributed by atoms with E-state index < -0.39 is 0 Å². The van der Waals surface area contributed by atoms with Crippen LogP contribution in [0.5, 0.6) is 0 Å². The minimum atomic E-state index is 0.222. The Balaban J connectivity index is 2.39. The Bertz CT molecular complexity index is 122. The summed E-state index contributed by atoms with van der Waals surface area (Å²) in [6, 6.07) is 0. The Labute approximate surface area is 55.8 Å². The van der Waals surface area contributed by atoms with Crippen molar-refractivity contribution in [1.82, 2.24) is 4.90 Å². The van der Waals surface area contributed by atoms with E-state index in [-0.39, 0.29) is 5.91 Å². The zero-order valence-electron chi connectivity index (χ0n) is 6.05. The first kappa shape index (κ1) is 6.59. The lowest BCUT2D eigenvalue weighted by Gasteiger charge is -2.11. The molecule has 52 valence electrons. The lowest BCUT2D eigenvalue weighted by molar-refractivity contribution is -0.127. The Morgan fingerprint density at radius 3 is 2.56 bits per heavy atom. The molecule has 2 nitrogen and oxygen atoms in total. The Hall–Kier alpha value is -0.530. The van der Waals surface area contributed by atoms with Crippen LogP contribution in [0.4, 0.5) is 0 Å². The summed E-state index contributed by atoms with van der Waals surface area (Å²) >= 11 is 0. The second-order valence-electron chi connectivity index (χ2n) is 2.86. The molecule has 1 aliphatic rings. The predicted molar refractivity (Wildman–Crippen MR) is 36.0 cm³/mol. The van der Waals surface area contributed by atoms with Crippen LogP contribution >= 0.6 is 0 Å². The van der Waals surface area contributed by atoms with Crippen LogP contribution in [-0.2, 0) is 4.79 Å². The summed E-state index contributed by atoms with van der Waals surface area (Å²) in [6.45, 7) is 5.76. The highest BCUT2D eigenvalue weighted by molar-refractivity contribution is 5.73. The van der Waals surface area contributed by atoms with Gasteiger partial charge in [0.05, 0.1) is 0 Å². The molecule has 0 saturated carbocycles. The fourth-order valence-corrected chi connectivity index (χ4v) is 1.22. The number of hydrogen-bond donors (Lipinski definition) is 0. The molecule has 1 heterocycles. The van der Waals surface area contributed by atoms with Crippen molar-refractivity contribution >= 4 is 5.91 Å². The van der Waals surface area contributed by atoms with Crippen molar-refractivity contribution in [2.75, 3.05) is 13.1 Å². The topological polar surface area (TPSA) is 20.3 Å². The van der Waals surface area contributed by atoms with Crippen LogP contribution in [0.3, 0.4) is 0 Å². The largest absolute Gasteiger partial charge is 0.343 e. The molecule has 1 amide bonds. The van der Waals surface area contributed by atoms with E-state index in [9.17, 15) is 4.79 Å². The molecule has 0 unspecified atom stereocenters. The summed E-state index contributed by atoms with van der Waals surface area (Å²) in [7, 11) is 0. The number of nitrogens with zero attached hydrogens (tertiary/aromatic N) is 1. The molecule has 1 fully saturated rings. The molecule has 2 heteroatoms. The van der Waals surface area contributed by atoms with Gasteiger partial charge in [0.2, 0.25) is 5.91 Å². The molecule has 0 spiro atoms. The third-order valence-corrected chi connectivity index (χ3v) is 1.87. The van der Waals surface area contributed by atoms with E-state index in [1.165, 1.54) is 6.42 Å². The fraction of sp³-hybridized carbons (Fsp3) is 0.857. The van der Waals surface area contributed by atoms with Crippen LogP contribution in [-0.4, -0.2) is 23.9 Å². The van der Waals surface area contributed by atoms with Crippen molar-refractivity contribution in [3.8, 4) is 0 Å². The van der Waals surface area contributed by atoms with Gasteiger partial charge in [0.1, 0.15) is 0 Å². The Kier molecular flexibility index (Phi) is 1.74. The number of likely N-dealkylation sites (tertiary alicyclic amines) is 1. The SMILES string of the molecule is CC(=O)N1CC[C@H](C)C1. The van der Waals surface area contributed by atoms with Crippen molar-refractivity contribution in [3.63, 3.8) is 0 Å². The van der Waals surface area contributed by atoms with Crippen molar-refractivity contribution < 1.29 is 4.79 Å². The first-order valence-corrected chi connectivity index (χ1v) is 3.45. The first-order chi connectivity index (χ1) is 4.20. The zero-order chi connectivity index (χ0) is 6.85. The fourth-order valence-electron chi connectivity index (χ4n) is 1.22. The van der Waals surface area contributed by atoms with Gasteiger partial charge in [-0.2, -0.15) is 0 Å². The van der Waals surface area contributed by atoms with Crippen LogP contribution in [0, 0.1) is 5.92 Å². The third kappa shape index (κ3) is 1.44. The molecule has 9 heavy (non-hydrogen) atoms. The van der Waals surface area contributed by atoms with Gasteiger partial charge in [-0.25, -0.2) is 0 Å². The van der Waals surface area contributed by atoms with Gasteiger partial charge in [-0.05, 0) is 12.3 Å². The van der Waals surface area contributed by atoms with E-state index in [0.717, 1.165) is 13.1 Å². The van der Waals surface area contributed by atoms with Crippen LogP contribution in [0.2, 0.25) is 0 Å². The molecule has 1 rings (SSSR count). The molecule has 1 aliphatic heterocycles. The van der Waals surface area contributed by atoms with Crippen molar-refractivity contribution in [2.45, 2.75) is 20.3 Å². The summed E-state index contributed by atoms with van der Waals surface area (Å²) in [6.07, 6.45) is 1.18. The van der Waals surface area contributed by atoms with Gasteiger partial charge in [0.15, 0.2) is 0 Å². The van der Waals surface area contributed by atoms with Crippen LogP contribution in [0.15, 0.2) is 0 Å². The summed E-state index contributed by atoms with van der Waals surface area (Å²) < 4.78 is 0. The monoisotopic (exact) mass is 127 g/mol. The lowest BCUT2D eigenvalue weighted by Crippen LogP contribution is -2.25. The van der Waals surface area contributed by atoms with Crippen LogP contribution in [0.25, 0.3) is 0 Å². The van der Waals surface area contributed by atoms with Crippen molar-refractivity contribution in [2.24, 2.45) is 5.92 Å². The van der Waals surface area contributed by atoms with E-state index in [1.54, 1.807) is 6.92 Å². The standard InChI is InChI=1S/C7H13NO/c1-6-3-4-8(5-6)7(2)9/h6H,3-5H2,1-2H3/t6-/m0/s1. The highest BCUT2D eigenvalue weighted by Crippen LogP contribution is 2.14. The molecule has 0 aromatic heterocycles. The lowest BCUT2D eigenvalue weighted by atomic mass is 10.2. The molecule has 0 N–H and O–H groups in total. The van der Waals surface area contributed by atoms with Crippen molar-refractivity contribution in [1.29, 1.82) is 0 Å². The normalized spacial score (nSPS) is 26.9. The Morgan fingerprint density at radius 2 is 2.33 bits per heavy atom. The quantitative estimate of drug-likeness (QED) is 0.473. The number of amides is 1. The van der Waals surface area contributed by atoms with E-state index in [0.29, 0.717) is 5.92 Å². The molecule has 1 atom stereocenters. The molecule has 0 radical (unpaired) electrons. The Morgan fingerprint density at radius 1 is 1.67 bits per heavy atom. The molecule has 0 bridgehead atoms. The van der Waals surface area contributed by atoms with Crippen LogP contribution in [0.1, 0.15) is 20.3 Å². The van der Waals surface area contributed by atoms with Gasteiger partial charge >= 0.3 is 0 Å². The van der Waals surface area contributed by atoms with Gasteiger partial charge < -0.3 is 4.90 Å². The van der Waals surface area contributed by atoms with E-state index in [2.05, 4.69) is 6.92 Å². The minimum Gasteiger partial charge on any atom is -0.343 e. The maximum Gasteiger partial charge on any atom is 0.219 e. The molecular weight excluding hydrogens is 114 g/mol. The molecule has 0 aromatic carbocycles. The summed E-state index contributed by atoms with van der Waals surface area (Å²) in [4.78, 5) is 12.6. The number of hydrogen-bond acceptors (Lipinski definition) is 1. The maximum absolute atomic E-state index is 10.7. The summed E-state index contributed by atoms with van der Waals surface area (Å²) in [5.41, 5.74) is 0. The third-order valence-electron chi connectivity index (χ3n) is 1.87. The maximum atomic E-state index is 10.7. The smallest absolute Gasteiger partial charge is 0.219 e. The minimum absolute atomic E-state index is 0.222. The zero-order valence-corrected chi connectivity index (χ0v) is 6.05. The molecular formula is C7H13NO. The molecule has 1 saturated heterocycles. The van der Waals surface area contributed by atoms with Gasteiger partial charge in [0.25, 0.3) is 0 Å². The highest BCUT2D eigenvalue weighted by atomic mass is 16.2. The predicted octanol–water partition coefficient (Wildman–Crippen LogP) is 0.875. The van der Waals surface area contributed by atoms with Crippen LogP contribution < -0.4 is 0 Å². The van der Waals surface area contributed by atoms with Gasteiger partial charge in [-0.3, -0.25) is 4.79 Å². The van der Waals surface area contributed by atoms with Gasteiger partial charge in [-0.1, -0.05) is 6.92 Å². The first-order valence-electron chi connectivity index (χ1n) is 3.45. The summed E-state index contributed by atoms with van der Waals surface area (Å²) in [5, 5.41) is 0. The highest BCUT2D eigenvalue weighted by Gasteiger charge is 2.19. The van der Waals surface area contributed by atoms with E-state index >= 15 is 0 Å². The van der Waals surface area contributed by atoms with Gasteiger partial charge in [0, 0.05) is 20.0 Å². The number of rotatable bonds is 0. The average molecular weight is 127 g/mol. The average Bonchev–Trinajstić information content (AvgIpc) is 2.14. The second-order valence-corrected chi connectivity index (χ2v) is 2.86. The number of carbonyl (C=O) groups is 1. The second kappa shape index (κ2) is 2.38. The van der Waals surface area contributed by atoms with Gasteiger partial charge in [-0.15, -0.1) is 0 Å².